The number of amides is 1. The topological polar surface area (TPSA) is 55.1 Å². The summed E-state index contributed by atoms with van der Waals surface area (Å²) in [6, 6.07) is 0.365. The van der Waals surface area contributed by atoms with Gasteiger partial charge in [-0.05, 0) is 37.5 Å². The van der Waals surface area contributed by atoms with Crippen molar-refractivity contribution in [1.82, 2.24) is 5.32 Å². The van der Waals surface area contributed by atoms with Crippen molar-refractivity contribution in [3.8, 4) is 0 Å². The number of nitrogens with two attached hydrogens (primary N) is 1. The van der Waals surface area contributed by atoms with Gasteiger partial charge < -0.3 is 11.1 Å². The summed E-state index contributed by atoms with van der Waals surface area (Å²) >= 11 is 0. The van der Waals surface area contributed by atoms with Crippen molar-refractivity contribution in [2.45, 2.75) is 58.9 Å². The summed E-state index contributed by atoms with van der Waals surface area (Å²) in [5.74, 6) is 1.58. The molecular weight excluding hydrogens is 212 g/mol. The van der Waals surface area contributed by atoms with Crippen molar-refractivity contribution in [3.63, 3.8) is 0 Å². The van der Waals surface area contributed by atoms with Gasteiger partial charge in [0.1, 0.15) is 0 Å². The van der Waals surface area contributed by atoms with Crippen LogP contribution in [0.4, 0.5) is 0 Å². The Bertz CT molecular complexity index is 242. The highest BCUT2D eigenvalue weighted by Crippen LogP contribution is 2.28. The highest BCUT2D eigenvalue weighted by molar-refractivity contribution is 5.79. The van der Waals surface area contributed by atoms with Gasteiger partial charge in [0.15, 0.2) is 0 Å². The van der Waals surface area contributed by atoms with Gasteiger partial charge in [-0.15, -0.1) is 0 Å². The van der Waals surface area contributed by atoms with Crippen LogP contribution in [0.25, 0.3) is 0 Å². The number of hydrogen-bond donors (Lipinski definition) is 2. The third-order valence-corrected chi connectivity index (χ3v) is 4.05. The summed E-state index contributed by atoms with van der Waals surface area (Å²) in [7, 11) is 0. The first-order valence-corrected chi connectivity index (χ1v) is 7.08. The van der Waals surface area contributed by atoms with E-state index in [-0.39, 0.29) is 11.8 Å². The molecule has 0 aromatic carbocycles. The van der Waals surface area contributed by atoms with Crippen molar-refractivity contribution >= 4 is 5.91 Å². The van der Waals surface area contributed by atoms with Gasteiger partial charge in [0.05, 0.1) is 5.92 Å². The number of rotatable bonds is 5. The zero-order valence-corrected chi connectivity index (χ0v) is 11.5. The van der Waals surface area contributed by atoms with E-state index >= 15 is 0 Å². The zero-order valence-electron chi connectivity index (χ0n) is 11.5. The van der Waals surface area contributed by atoms with Crippen LogP contribution in [-0.2, 0) is 4.79 Å². The van der Waals surface area contributed by atoms with Crippen molar-refractivity contribution in [3.05, 3.63) is 0 Å². The fourth-order valence-corrected chi connectivity index (χ4v) is 2.88. The number of hydrogen-bond acceptors (Lipinski definition) is 2. The van der Waals surface area contributed by atoms with Crippen molar-refractivity contribution in [2.75, 3.05) is 6.54 Å². The average Bonchev–Trinajstić information content (AvgIpc) is 2.29. The molecule has 0 heterocycles. The lowest BCUT2D eigenvalue weighted by Crippen LogP contribution is -2.46. The highest BCUT2D eigenvalue weighted by Gasteiger charge is 2.28. The van der Waals surface area contributed by atoms with Crippen LogP contribution in [0.15, 0.2) is 0 Å². The van der Waals surface area contributed by atoms with Gasteiger partial charge in [0.2, 0.25) is 5.91 Å². The fourth-order valence-electron chi connectivity index (χ4n) is 2.88. The van der Waals surface area contributed by atoms with Gasteiger partial charge in [-0.2, -0.15) is 0 Å². The summed E-state index contributed by atoms with van der Waals surface area (Å²) in [6.07, 6.45) is 5.51. The van der Waals surface area contributed by atoms with Gasteiger partial charge in [-0.25, -0.2) is 0 Å². The standard InChI is InChI=1S/C14H28N2O/c1-4-5-12(9-15)14(17)16-13-7-6-10(2)8-11(13)3/h10-13H,4-9,15H2,1-3H3,(H,16,17). The van der Waals surface area contributed by atoms with Crippen LogP contribution in [0.3, 0.4) is 0 Å². The molecule has 1 aliphatic carbocycles. The van der Waals surface area contributed by atoms with Gasteiger partial charge >= 0.3 is 0 Å². The van der Waals surface area contributed by atoms with E-state index in [1.807, 2.05) is 0 Å². The molecule has 0 spiro atoms. The molecule has 1 saturated carbocycles. The average molecular weight is 240 g/mol. The van der Waals surface area contributed by atoms with E-state index in [1.165, 1.54) is 12.8 Å². The first kappa shape index (κ1) is 14.5. The molecule has 1 fully saturated rings. The minimum Gasteiger partial charge on any atom is -0.353 e. The Labute approximate surface area is 106 Å². The van der Waals surface area contributed by atoms with Gasteiger partial charge in [0, 0.05) is 12.6 Å². The van der Waals surface area contributed by atoms with E-state index in [1.54, 1.807) is 0 Å². The molecule has 3 nitrogen and oxygen atoms in total. The summed E-state index contributed by atoms with van der Waals surface area (Å²) in [5, 5.41) is 3.21. The lowest BCUT2D eigenvalue weighted by atomic mass is 9.79. The van der Waals surface area contributed by atoms with Crippen LogP contribution in [0.5, 0.6) is 0 Å². The molecule has 4 unspecified atom stereocenters. The van der Waals surface area contributed by atoms with Gasteiger partial charge in [0.25, 0.3) is 0 Å². The van der Waals surface area contributed by atoms with E-state index in [9.17, 15) is 4.79 Å². The molecule has 3 N–H and O–H groups in total. The normalized spacial score (nSPS) is 30.9. The molecule has 0 aliphatic heterocycles. The molecule has 1 rings (SSSR count). The van der Waals surface area contributed by atoms with Crippen LogP contribution in [0, 0.1) is 17.8 Å². The molecule has 0 aromatic rings. The van der Waals surface area contributed by atoms with E-state index < -0.39 is 0 Å². The Balaban J connectivity index is 2.44. The minimum absolute atomic E-state index is 0.00606. The molecule has 1 amide bonds. The summed E-state index contributed by atoms with van der Waals surface area (Å²) < 4.78 is 0. The predicted molar refractivity (Wildman–Crippen MR) is 71.6 cm³/mol. The van der Waals surface area contributed by atoms with Gasteiger partial charge in [-0.1, -0.05) is 27.2 Å². The minimum atomic E-state index is 0.00606. The first-order chi connectivity index (χ1) is 8.08. The number of carbonyl (C=O) groups excluding carboxylic acids is 1. The number of nitrogens with one attached hydrogen (secondary N) is 1. The molecule has 100 valence electrons. The Morgan fingerprint density at radius 2 is 2.12 bits per heavy atom. The van der Waals surface area contributed by atoms with Crippen LogP contribution in [0.1, 0.15) is 52.9 Å². The lowest BCUT2D eigenvalue weighted by molar-refractivity contribution is -0.126. The summed E-state index contributed by atoms with van der Waals surface area (Å²) in [6.45, 7) is 7.12. The van der Waals surface area contributed by atoms with E-state index in [0.29, 0.717) is 18.5 Å². The van der Waals surface area contributed by atoms with E-state index in [0.717, 1.165) is 25.2 Å². The maximum atomic E-state index is 12.1. The third kappa shape index (κ3) is 4.30. The fraction of sp³-hybridized carbons (Fsp3) is 0.929. The maximum absolute atomic E-state index is 12.1. The van der Waals surface area contributed by atoms with E-state index in [2.05, 4.69) is 26.1 Å². The Kier molecular flexibility index (Phi) is 5.96. The Morgan fingerprint density at radius 1 is 1.41 bits per heavy atom. The SMILES string of the molecule is CCCC(CN)C(=O)NC1CCC(C)CC1C. The van der Waals surface area contributed by atoms with Crippen LogP contribution >= 0.6 is 0 Å². The van der Waals surface area contributed by atoms with E-state index in [4.69, 9.17) is 5.73 Å². The molecule has 3 heteroatoms. The van der Waals surface area contributed by atoms with Crippen LogP contribution in [-0.4, -0.2) is 18.5 Å². The molecular formula is C14H28N2O. The van der Waals surface area contributed by atoms with Crippen molar-refractivity contribution in [2.24, 2.45) is 23.5 Å². The third-order valence-electron chi connectivity index (χ3n) is 4.05. The first-order valence-electron chi connectivity index (χ1n) is 7.08. The van der Waals surface area contributed by atoms with Crippen LogP contribution < -0.4 is 11.1 Å². The number of carbonyl (C=O) groups is 1. The lowest BCUT2D eigenvalue weighted by Gasteiger charge is -2.34. The largest absolute Gasteiger partial charge is 0.353 e. The monoisotopic (exact) mass is 240 g/mol. The molecule has 17 heavy (non-hydrogen) atoms. The second kappa shape index (κ2) is 7.00. The van der Waals surface area contributed by atoms with Crippen molar-refractivity contribution < 1.29 is 4.79 Å². The second-order valence-corrected chi connectivity index (χ2v) is 5.73. The smallest absolute Gasteiger partial charge is 0.224 e. The molecule has 0 saturated heterocycles. The Hall–Kier alpha value is -0.570. The quantitative estimate of drug-likeness (QED) is 0.774. The highest BCUT2D eigenvalue weighted by atomic mass is 16.1. The zero-order chi connectivity index (χ0) is 12.8. The molecule has 0 bridgehead atoms. The Morgan fingerprint density at radius 3 is 2.65 bits per heavy atom. The molecule has 1 aliphatic rings. The summed E-state index contributed by atoms with van der Waals surface area (Å²) in [5.41, 5.74) is 5.66. The molecule has 4 atom stereocenters. The van der Waals surface area contributed by atoms with Crippen LogP contribution in [0.2, 0.25) is 0 Å². The summed E-state index contributed by atoms with van der Waals surface area (Å²) in [4.78, 5) is 12.1. The second-order valence-electron chi connectivity index (χ2n) is 5.73. The maximum Gasteiger partial charge on any atom is 0.224 e. The van der Waals surface area contributed by atoms with Crippen molar-refractivity contribution in [1.29, 1.82) is 0 Å². The molecule has 0 radical (unpaired) electrons. The van der Waals surface area contributed by atoms with Gasteiger partial charge in [-0.3, -0.25) is 4.79 Å². The molecule has 0 aromatic heterocycles. The predicted octanol–water partition coefficient (Wildman–Crippen LogP) is 2.30.